The van der Waals surface area contributed by atoms with Gasteiger partial charge in [-0.25, -0.2) is 9.59 Å². The van der Waals surface area contributed by atoms with Gasteiger partial charge in [-0.1, -0.05) is 36.4 Å². The van der Waals surface area contributed by atoms with Gasteiger partial charge in [-0.3, -0.25) is 4.79 Å². The first-order valence-electron chi connectivity index (χ1n) is 8.56. The van der Waals surface area contributed by atoms with Crippen molar-refractivity contribution in [2.24, 2.45) is 0 Å². The molecule has 0 spiro atoms. The molecule has 1 aliphatic rings. The lowest BCUT2D eigenvalue weighted by Crippen LogP contribution is -2.52. The third-order valence-corrected chi connectivity index (χ3v) is 4.32. The van der Waals surface area contributed by atoms with Gasteiger partial charge in [0.25, 0.3) is 0 Å². The number of rotatable bonds is 5. The molecular formula is C21H18O7. The van der Waals surface area contributed by atoms with Crippen LogP contribution in [0, 0.1) is 0 Å². The standard InChI is InChI=1S/C21H18O7/c22-12-15-11-16(27-20(25)13-7-3-1-4-8-13)18(24)19(17(15)23)28-21(26)14-9-5-2-6-10-14/h1-12,16-19,23-24H/t16-,17-,18+,19+/m1/s1. The summed E-state index contributed by atoms with van der Waals surface area (Å²) in [6.07, 6.45) is -4.35. The molecule has 28 heavy (non-hydrogen) atoms. The summed E-state index contributed by atoms with van der Waals surface area (Å²) in [6.45, 7) is 0. The smallest absolute Gasteiger partial charge is 0.338 e. The van der Waals surface area contributed by atoms with E-state index >= 15 is 0 Å². The number of benzene rings is 2. The summed E-state index contributed by atoms with van der Waals surface area (Å²) in [7, 11) is 0. The van der Waals surface area contributed by atoms with Gasteiger partial charge in [0, 0.05) is 5.57 Å². The highest BCUT2D eigenvalue weighted by Crippen LogP contribution is 2.25. The molecule has 144 valence electrons. The SMILES string of the molecule is O=CC1=C[C@@H](OC(=O)c2ccccc2)[C@H](O)[C@@H](OC(=O)c2ccccc2)[C@@H]1O. The van der Waals surface area contributed by atoms with E-state index in [9.17, 15) is 24.6 Å². The van der Waals surface area contributed by atoms with Gasteiger partial charge >= 0.3 is 11.9 Å². The molecule has 0 fully saturated rings. The highest BCUT2D eigenvalue weighted by Gasteiger charge is 2.43. The van der Waals surface area contributed by atoms with Crippen molar-refractivity contribution in [3.8, 4) is 0 Å². The van der Waals surface area contributed by atoms with Gasteiger partial charge in [-0.15, -0.1) is 0 Å². The van der Waals surface area contributed by atoms with Gasteiger partial charge in [0.15, 0.2) is 12.2 Å². The average Bonchev–Trinajstić information content (AvgIpc) is 2.74. The van der Waals surface area contributed by atoms with Gasteiger partial charge in [0.2, 0.25) is 0 Å². The van der Waals surface area contributed by atoms with Gasteiger partial charge in [-0.05, 0) is 30.3 Å². The summed E-state index contributed by atoms with van der Waals surface area (Å²) in [6, 6.07) is 16.1. The molecule has 0 saturated carbocycles. The lowest BCUT2D eigenvalue weighted by Gasteiger charge is -2.35. The summed E-state index contributed by atoms with van der Waals surface area (Å²) < 4.78 is 10.5. The van der Waals surface area contributed by atoms with E-state index in [1.54, 1.807) is 36.4 Å². The van der Waals surface area contributed by atoms with Gasteiger partial charge in [0.1, 0.15) is 18.5 Å². The second-order valence-electron chi connectivity index (χ2n) is 6.19. The van der Waals surface area contributed by atoms with Gasteiger partial charge < -0.3 is 19.7 Å². The Morgan fingerprint density at radius 1 is 0.821 bits per heavy atom. The van der Waals surface area contributed by atoms with E-state index in [1.165, 1.54) is 24.3 Å². The van der Waals surface area contributed by atoms with Gasteiger partial charge in [-0.2, -0.15) is 0 Å². The third-order valence-electron chi connectivity index (χ3n) is 4.32. The Kier molecular flexibility index (Phi) is 5.98. The second-order valence-corrected chi connectivity index (χ2v) is 6.19. The van der Waals surface area contributed by atoms with Crippen LogP contribution in [-0.2, 0) is 14.3 Å². The fourth-order valence-corrected chi connectivity index (χ4v) is 2.83. The van der Waals surface area contributed by atoms with Gasteiger partial charge in [0.05, 0.1) is 11.1 Å². The highest BCUT2D eigenvalue weighted by molar-refractivity contribution is 5.90. The first-order valence-corrected chi connectivity index (χ1v) is 8.56. The van der Waals surface area contributed by atoms with Crippen molar-refractivity contribution < 1.29 is 34.1 Å². The van der Waals surface area contributed by atoms with Crippen molar-refractivity contribution in [2.45, 2.75) is 24.4 Å². The van der Waals surface area contributed by atoms with Crippen molar-refractivity contribution in [2.75, 3.05) is 0 Å². The van der Waals surface area contributed by atoms with Crippen LogP contribution in [0.1, 0.15) is 20.7 Å². The zero-order valence-corrected chi connectivity index (χ0v) is 14.7. The number of carbonyl (C=O) groups is 3. The lowest BCUT2D eigenvalue weighted by molar-refractivity contribution is -0.117. The minimum Gasteiger partial charge on any atom is -0.453 e. The van der Waals surface area contributed by atoms with Crippen LogP contribution >= 0.6 is 0 Å². The molecule has 0 radical (unpaired) electrons. The maximum Gasteiger partial charge on any atom is 0.338 e. The van der Waals surface area contributed by atoms with Crippen molar-refractivity contribution in [1.82, 2.24) is 0 Å². The largest absolute Gasteiger partial charge is 0.453 e. The summed E-state index contributed by atoms with van der Waals surface area (Å²) in [5, 5.41) is 20.8. The molecule has 2 N–H and O–H groups in total. The summed E-state index contributed by atoms with van der Waals surface area (Å²) in [5.41, 5.74) is 0.309. The first kappa shape index (κ1) is 19.5. The van der Waals surface area contributed by atoms with Crippen LogP contribution in [0.25, 0.3) is 0 Å². The molecule has 0 aromatic heterocycles. The molecular weight excluding hydrogens is 364 g/mol. The number of hydrogen-bond acceptors (Lipinski definition) is 7. The van der Waals surface area contributed by atoms with E-state index in [1.807, 2.05) is 0 Å². The Morgan fingerprint density at radius 2 is 1.32 bits per heavy atom. The number of hydrogen-bond donors (Lipinski definition) is 2. The van der Waals surface area contributed by atoms with Crippen molar-refractivity contribution in [1.29, 1.82) is 0 Å². The quantitative estimate of drug-likeness (QED) is 0.592. The Morgan fingerprint density at radius 3 is 1.82 bits per heavy atom. The average molecular weight is 382 g/mol. The maximum atomic E-state index is 12.3. The topological polar surface area (TPSA) is 110 Å². The normalized spacial score (nSPS) is 24.0. The van der Waals surface area contributed by atoms with Crippen LogP contribution in [-0.4, -0.2) is 52.9 Å². The Bertz CT molecular complexity index is 876. The Labute approximate surface area is 160 Å². The number of aliphatic hydroxyl groups excluding tert-OH is 2. The van der Waals surface area contributed by atoms with E-state index in [-0.39, 0.29) is 16.7 Å². The highest BCUT2D eigenvalue weighted by atomic mass is 16.6. The van der Waals surface area contributed by atoms with Crippen molar-refractivity contribution in [3.63, 3.8) is 0 Å². The molecule has 0 saturated heterocycles. The zero-order valence-electron chi connectivity index (χ0n) is 14.7. The van der Waals surface area contributed by atoms with Crippen LogP contribution in [0.3, 0.4) is 0 Å². The number of carbonyl (C=O) groups excluding carboxylic acids is 3. The van der Waals surface area contributed by atoms with Crippen LogP contribution < -0.4 is 0 Å². The van der Waals surface area contributed by atoms with E-state index in [2.05, 4.69) is 0 Å². The molecule has 2 aromatic rings. The predicted molar refractivity (Wildman–Crippen MR) is 97.5 cm³/mol. The molecule has 3 rings (SSSR count). The molecule has 0 unspecified atom stereocenters. The van der Waals surface area contributed by atoms with Crippen LogP contribution in [0.15, 0.2) is 72.3 Å². The van der Waals surface area contributed by atoms with Crippen molar-refractivity contribution in [3.05, 3.63) is 83.4 Å². The second kappa shape index (κ2) is 8.60. The summed E-state index contributed by atoms with van der Waals surface area (Å²) in [5.74, 6) is -1.51. The number of esters is 2. The minimum absolute atomic E-state index is 0.151. The first-order chi connectivity index (χ1) is 13.5. The predicted octanol–water partition coefficient (Wildman–Crippen LogP) is 1.30. The molecule has 1 aliphatic carbocycles. The van der Waals surface area contributed by atoms with E-state index in [4.69, 9.17) is 9.47 Å². The molecule has 0 heterocycles. The maximum absolute atomic E-state index is 12.3. The number of aldehydes is 1. The van der Waals surface area contributed by atoms with Crippen molar-refractivity contribution >= 4 is 18.2 Å². The third kappa shape index (κ3) is 4.16. The molecule has 0 aliphatic heterocycles. The van der Waals surface area contributed by atoms with Crippen LogP contribution in [0.5, 0.6) is 0 Å². The lowest BCUT2D eigenvalue weighted by atomic mass is 9.89. The summed E-state index contributed by atoms with van der Waals surface area (Å²) in [4.78, 5) is 35.8. The van der Waals surface area contributed by atoms with Crippen LogP contribution in [0.4, 0.5) is 0 Å². The Balaban J connectivity index is 1.80. The molecule has 7 nitrogen and oxygen atoms in total. The van der Waals surface area contributed by atoms with E-state index in [0.29, 0.717) is 6.29 Å². The molecule has 0 bridgehead atoms. The monoisotopic (exact) mass is 382 g/mol. The fourth-order valence-electron chi connectivity index (χ4n) is 2.83. The number of ether oxygens (including phenoxy) is 2. The van der Waals surface area contributed by atoms with E-state index in [0.717, 1.165) is 6.08 Å². The molecule has 7 heteroatoms. The van der Waals surface area contributed by atoms with Crippen LogP contribution in [0.2, 0.25) is 0 Å². The molecule has 4 atom stereocenters. The Hall–Kier alpha value is -3.29. The zero-order chi connectivity index (χ0) is 20.1. The van der Waals surface area contributed by atoms with E-state index < -0.39 is 36.4 Å². The molecule has 0 amide bonds. The summed E-state index contributed by atoms with van der Waals surface area (Å²) >= 11 is 0. The fraction of sp³-hybridized carbons (Fsp3) is 0.190. The number of aliphatic hydroxyl groups is 2. The minimum atomic E-state index is -1.56. The molecule has 2 aromatic carbocycles.